The first kappa shape index (κ1) is 14.9. The number of carbonyl (C=O) groups is 1. The van der Waals surface area contributed by atoms with Crippen LogP contribution in [0.3, 0.4) is 0 Å². The number of nitrogens with zero attached hydrogens (tertiary/aromatic N) is 3. The SMILES string of the molecule is N#Cc1ccc2c(c1)N(C(=O)c1coc(C3CCOCC3)n1)CC2. The highest BCUT2D eigenvalue weighted by Gasteiger charge is 2.29. The number of amides is 1. The van der Waals surface area contributed by atoms with Crippen LogP contribution in [0.2, 0.25) is 0 Å². The molecule has 1 aromatic carbocycles. The molecule has 2 aliphatic heterocycles. The molecule has 24 heavy (non-hydrogen) atoms. The molecule has 0 radical (unpaired) electrons. The topological polar surface area (TPSA) is 79.4 Å². The molecule has 6 heteroatoms. The number of rotatable bonds is 2. The van der Waals surface area contributed by atoms with Gasteiger partial charge in [0.25, 0.3) is 5.91 Å². The third-order valence-electron chi connectivity index (χ3n) is 4.67. The van der Waals surface area contributed by atoms with E-state index in [1.54, 1.807) is 17.0 Å². The van der Waals surface area contributed by atoms with Gasteiger partial charge in [0.2, 0.25) is 0 Å². The van der Waals surface area contributed by atoms with E-state index < -0.39 is 0 Å². The van der Waals surface area contributed by atoms with Crippen LogP contribution < -0.4 is 4.90 Å². The molecule has 0 atom stereocenters. The normalized spacial score (nSPS) is 17.5. The number of hydrogen-bond acceptors (Lipinski definition) is 5. The Morgan fingerprint density at radius 3 is 2.96 bits per heavy atom. The number of hydrogen-bond donors (Lipinski definition) is 0. The van der Waals surface area contributed by atoms with E-state index in [2.05, 4.69) is 11.1 Å². The minimum absolute atomic E-state index is 0.175. The zero-order valence-electron chi connectivity index (χ0n) is 13.2. The molecule has 2 aromatic rings. The van der Waals surface area contributed by atoms with Crippen molar-refractivity contribution in [2.24, 2.45) is 0 Å². The Morgan fingerprint density at radius 1 is 1.33 bits per heavy atom. The summed E-state index contributed by atoms with van der Waals surface area (Å²) in [5, 5.41) is 9.07. The summed E-state index contributed by atoms with van der Waals surface area (Å²) in [7, 11) is 0. The summed E-state index contributed by atoms with van der Waals surface area (Å²) in [5.74, 6) is 0.661. The van der Waals surface area contributed by atoms with Crippen molar-refractivity contribution in [2.75, 3.05) is 24.7 Å². The van der Waals surface area contributed by atoms with Gasteiger partial charge in [-0.3, -0.25) is 4.79 Å². The molecular weight excluding hydrogens is 306 g/mol. The van der Waals surface area contributed by atoms with E-state index in [0.29, 0.717) is 36.9 Å². The molecule has 0 aliphatic carbocycles. The van der Waals surface area contributed by atoms with Gasteiger partial charge in [-0.2, -0.15) is 5.26 Å². The average Bonchev–Trinajstić information content (AvgIpc) is 3.28. The molecule has 1 amide bonds. The van der Waals surface area contributed by atoms with Gasteiger partial charge in [-0.1, -0.05) is 6.07 Å². The van der Waals surface area contributed by atoms with Crippen LogP contribution in [0.4, 0.5) is 5.69 Å². The summed E-state index contributed by atoms with van der Waals surface area (Å²) < 4.78 is 10.9. The van der Waals surface area contributed by atoms with Crippen LogP contribution >= 0.6 is 0 Å². The third-order valence-corrected chi connectivity index (χ3v) is 4.67. The van der Waals surface area contributed by atoms with Crippen LogP contribution in [0.15, 0.2) is 28.9 Å². The maximum Gasteiger partial charge on any atom is 0.280 e. The molecule has 0 spiro atoms. The monoisotopic (exact) mass is 323 g/mol. The molecule has 2 aliphatic rings. The van der Waals surface area contributed by atoms with Crippen molar-refractivity contribution < 1.29 is 13.9 Å². The quantitative estimate of drug-likeness (QED) is 0.849. The predicted molar refractivity (Wildman–Crippen MR) is 85.8 cm³/mol. The summed E-state index contributed by atoms with van der Waals surface area (Å²) >= 11 is 0. The minimum Gasteiger partial charge on any atom is -0.448 e. The molecule has 122 valence electrons. The Hall–Kier alpha value is -2.65. The van der Waals surface area contributed by atoms with Gasteiger partial charge >= 0.3 is 0 Å². The van der Waals surface area contributed by atoms with Crippen molar-refractivity contribution in [3.63, 3.8) is 0 Å². The first-order valence-corrected chi connectivity index (χ1v) is 8.14. The van der Waals surface area contributed by atoms with Gasteiger partial charge in [0.15, 0.2) is 11.6 Å². The lowest BCUT2D eigenvalue weighted by Crippen LogP contribution is -2.29. The van der Waals surface area contributed by atoms with Crippen molar-refractivity contribution in [3.05, 3.63) is 47.2 Å². The van der Waals surface area contributed by atoms with Crippen molar-refractivity contribution in [1.82, 2.24) is 4.98 Å². The van der Waals surface area contributed by atoms with Gasteiger partial charge in [0.05, 0.1) is 11.6 Å². The number of ether oxygens (including phenoxy) is 1. The fourth-order valence-electron chi connectivity index (χ4n) is 3.32. The lowest BCUT2D eigenvalue weighted by atomic mass is 10.0. The van der Waals surface area contributed by atoms with Gasteiger partial charge in [-0.05, 0) is 37.0 Å². The highest BCUT2D eigenvalue weighted by Crippen LogP contribution is 2.31. The standard InChI is InChI=1S/C18H17N3O3/c19-10-12-1-2-13-3-6-21(16(13)9-12)18(22)15-11-24-17(20-15)14-4-7-23-8-5-14/h1-2,9,11,14H,3-8H2. The molecule has 1 saturated heterocycles. The molecule has 1 fully saturated rings. The van der Waals surface area contributed by atoms with Crippen molar-refractivity contribution in [1.29, 1.82) is 5.26 Å². The zero-order chi connectivity index (χ0) is 16.5. The van der Waals surface area contributed by atoms with Crippen LogP contribution in [0.5, 0.6) is 0 Å². The Kier molecular flexibility index (Phi) is 3.79. The minimum atomic E-state index is -0.175. The highest BCUT2D eigenvalue weighted by atomic mass is 16.5. The maximum absolute atomic E-state index is 12.8. The fraction of sp³-hybridized carbons (Fsp3) is 0.389. The second kappa shape index (κ2) is 6.10. The summed E-state index contributed by atoms with van der Waals surface area (Å²) in [6.07, 6.45) is 3.97. The van der Waals surface area contributed by atoms with Crippen molar-refractivity contribution >= 4 is 11.6 Å². The Labute approximate surface area is 139 Å². The summed E-state index contributed by atoms with van der Waals surface area (Å²) in [4.78, 5) is 18.9. The maximum atomic E-state index is 12.8. The van der Waals surface area contributed by atoms with Crippen molar-refractivity contribution in [3.8, 4) is 6.07 Å². The van der Waals surface area contributed by atoms with Gasteiger partial charge in [0.1, 0.15) is 6.26 Å². The molecule has 4 rings (SSSR count). The average molecular weight is 323 g/mol. The van der Waals surface area contributed by atoms with Gasteiger partial charge in [0, 0.05) is 31.4 Å². The fourth-order valence-corrected chi connectivity index (χ4v) is 3.32. The number of nitriles is 1. The second-order valence-electron chi connectivity index (χ2n) is 6.12. The number of oxazole rings is 1. The second-order valence-corrected chi connectivity index (χ2v) is 6.12. The first-order chi connectivity index (χ1) is 11.8. The number of carbonyl (C=O) groups excluding carboxylic acids is 1. The van der Waals surface area contributed by atoms with Crippen LogP contribution in [0, 0.1) is 11.3 Å². The molecule has 0 unspecified atom stereocenters. The summed E-state index contributed by atoms with van der Waals surface area (Å²) in [6, 6.07) is 7.58. The molecule has 1 aromatic heterocycles. The van der Waals surface area contributed by atoms with Gasteiger partial charge < -0.3 is 14.1 Å². The third kappa shape index (κ3) is 2.57. The van der Waals surface area contributed by atoms with E-state index in [0.717, 1.165) is 30.5 Å². The molecule has 0 bridgehead atoms. The summed E-state index contributed by atoms with van der Waals surface area (Å²) in [5.41, 5.74) is 2.76. The van der Waals surface area contributed by atoms with Crippen LogP contribution in [-0.2, 0) is 11.2 Å². The van der Waals surface area contributed by atoms with Gasteiger partial charge in [-0.25, -0.2) is 4.98 Å². The number of anilines is 1. The molecule has 0 N–H and O–H groups in total. The van der Waals surface area contributed by atoms with Crippen LogP contribution in [-0.4, -0.2) is 30.6 Å². The molecule has 0 saturated carbocycles. The van der Waals surface area contributed by atoms with E-state index in [-0.39, 0.29) is 11.8 Å². The highest BCUT2D eigenvalue weighted by molar-refractivity contribution is 6.06. The number of aromatic nitrogens is 1. The molecular formula is C18H17N3O3. The number of benzene rings is 1. The van der Waals surface area contributed by atoms with E-state index in [1.165, 1.54) is 6.26 Å². The summed E-state index contributed by atoms with van der Waals surface area (Å²) in [6.45, 7) is 2.00. The van der Waals surface area contributed by atoms with Crippen LogP contribution in [0.1, 0.15) is 46.3 Å². The number of fused-ring (bicyclic) bond motifs is 1. The Morgan fingerprint density at radius 2 is 2.17 bits per heavy atom. The Bertz CT molecular complexity index is 815. The zero-order valence-corrected chi connectivity index (χ0v) is 13.2. The van der Waals surface area contributed by atoms with E-state index in [1.807, 2.05) is 6.07 Å². The first-order valence-electron chi connectivity index (χ1n) is 8.14. The van der Waals surface area contributed by atoms with E-state index >= 15 is 0 Å². The van der Waals surface area contributed by atoms with E-state index in [9.17, 15) is 4.79 Å². The smallest absolute Gasteiger partial charge is 0.280 e. The lowest BCUT2D eigenvalue weighted by molar-refractivity contribution is 0.0794. The predicted octanol–water partition coefficient (Wildman–Crippen LogP) is 2.64. The van der Waals surface area contributed by atoms with E-state index in [4.69, 9.17) is 14.4 Å². The molecule has 6 nitrogen and oxygen atoms in total. The van der Waals surface area contributed by atoms with Gasteiger partial charge in [-0.15, -0.1) is 0 Å². The largest absolute Gasteiger partial charge is 0.448 e. The lowest BCUT2D eigenvalue weighted by Gasteiger charge is -2.18. The molecule has 3 heterocycles. The Balaban J connectivity index is 1.57. The van der Waals surface area contributed by atoms with Crippen LogP contribution in [0.25, 0.3) is 0 Å². The van der Waals surface area contributed by atoms with Crippen molar-refractivity contribution in [2.45, 2.75) is 25.2 Å².